The number of nitrogens with zero attached hydrogens (tertiary/aromatic N) is 2. The van der Waals surface area contributed by atoms with Crippen LogP contribution >= 0.6 is 35.0 Å². The highest BCUT2D eigenvalue weighted by Gasteiger charge is 2.35. The average molecular weight is 560 g/mol. The van der Waals surface area contributed by atoms with Crippen LogP contribution in [0.25, 0.3) is 6.08 Å². The molecule has 190 valence electrons. The maximum atomic E-state index is 13.8. The SMILES string of the molecule is Cc1ccc(N=C2S/C(=C/c3ccccc3OCc3ccccc3)C(=O)N2c2ccc(C)c(Cl)c2)cc1Cl. The lowest BCUT2D eigenvalue weighted by atomic mass is 10.1. The maximum absolute atomic E-state index is 13.8. The monoisotopic (exact) mass is 558 g/mol. The third kappa shape index (κ3) is 5.81. The van der Waals surface area contributed by atoms with Crippen molar-refractivity contribution in [2.24, 2.45) is 4.99 Å². The Morgan fingerprint density at radius 3 is 2.29 bits per heavy atom. The Balaban J connectivity index is 1.52. The zero-order valence-corrected chi connectivity index (χ0v) is 23.1. The van der Waals surface area contributed by atoms with Crippen LogP contribution in [0.5, 0.6) is 5.75 Å². The number of thioether (sulfide) groups is 1. The standard InChI is InChI=1S/C31H24Cl2N2O2S/c1-20-12-14-24(17-26(20)32)34-31-35(25-15-13-21(2)27(33)18-25)30(36)29(38-31)16-23-10-6-7-11-28(23)37-19-22-8-4-3-5-9-22/h3-18H,19H2,1-2H3/b29-16+,34-31?. The van der Waals surface area contributed by atoms with E-state index in [2.05, 4.69) is 0 Å². The Kier molecular flexibility index (Phi) is 7.89. The summed E-state index contributed by atoms with van der Waals surface area (Å²) in [7, 11) is 0. The number of anilines is 1. The molecular weight excluding hydrogens is 535 g/mol. The molecule has 38 heavy (non-hydrogen) atoms. The van der Waals surface area contributed by atoms with E-state index < -0.39 is 0 Å². The first-order valence-electron chi connectivity index (χ1n) is 12.0. The van der Waals surface area contributed by atoms with Gasteiger partial charge in [-0.2, -0.15) is 0 Å². The molecule has 0 bridgehead atoms. The summed E-state index contributed by atoms with van der Waals surface area (Å²) in [4.78, 5) is 20.7. The maximum Gasteiger partial charge on any atom is 0.271 e. The van der Waals surface area contributed by atoms with Crippen molar-refractivity contribution in [2.45, 2.75) is 20.5 Å². The molecular formula is C31H24Cl2N2O2S. The molecule has 0 saturated carbocycles. The van der Waals surface area contributed by atoms with Crippen molar-refractivity contribution < 1.29 is 9.53 Å². The van der Waals surface area contributed by atoms with Gasteiger partial charge in [0, 0.05) is 15.6 Å². The van der Waals surface area contributed by atoms with Crippen LogP contribution in [0, 0.1) is 13.8 Å². The summed E-state index contributed by atoms with van der Waals surface area (Å²) in [6.07, 6.45) is 1.85. The second-order valence-electron chi connectivity index (χ2n) is 8.82. The van der Waals surface area contributed by atoms with Gasteiger partial charge in [0.2, 0.25) is 0 Å². The quantitative estimate of drug-likeness (QED) is 0.222. The highest BCUT2D eigenvalue weighted by Crippen LogP contribution is 2.39. The van der Waals surface area contributed by atoms with E-state index in [-0.39, 0.29) is 5.91 Å². The van der Waals surface area contributed by atoms with Gasteiger partial charge < -0.3 is 4.74 Å². The van der Waals surface area contributed by atoms with Gasteiger partial charge in [-0.25, -0.2) is 4.99 Å². The van der Waals surface area contributed by atoms with Crippen molar-refractivity contribution in [3.63, 3.8) is 0 Å². The van der Waals surface area contributed by atoms with Crippen molar-refractivity contribution in [3.8, 4) is 5.75 Å². The molecule has 5 rings (SSSR count). The Morgan fingerprint density at radius 2 is 1.55 bits per heavy atom. The van der Waals surface area contributed by atoms with Crippen LogP contribution in [-0.2, 0) is 11.4 Å². The summed E-state index contributed by atoms with van der Waals surface area (Å²) >= 11 is 14.1. The van der Waals surface area contributed by atoms with E-state index in [1.807, 2.05) is 98.8 Å². The summed E-state index contributed by atoms with van der Waals surface area (Å²) in [5.41, 5.74) is 5.06. The number of carbonyl (C=O) groups excluding carboxylic acids is 1. The number of hydrogen-bond acceptors (Lipinski definition) is 4. The summed E-state index contributed by atoms with van der Waals surface area (Å²) < 4.78 is 6.11. The highest BCUT2D eigenvalue weighted by atomic mass is 35.5. The number of ether oxygens (including phenoxy) is 1. The van der Waals surface area contributed by atoms with Crippen LogP contribution in [0.3, 0.4) is 0 Å². The molecule has 1 saturated heterocycles. The molecule has 0 unspecified atom stereocenters. The van der Waals surface area contributed by atoms with Crippen LogP contribution in [0.1, 0.15) is 22.3 Å². The van der Waals surface area contributed by atoms with Gasteiger partial charge in [-0.05, 0) is 78.7 Å². The number of para-hydroxylation sites is 1. The van der Waals surface area contributed by atoms with E-state index in [0.29, 0.717) is 43.8 Å². The third-order valence-electron chi connectivity index (χ3n) is 6.04. The molecule has 7 heteroatoms. The molecule has 1 fully saturated rings. The second-order valence-corrected chi connectivity index (χ2v) is 10.6. The Hall–Kier alpha value is -3.51. The van der Waals surface area contributed by atoms with E-state index in [1.165, 1.54) is 11.8 Å². The van der Waals surface area contributed by atoms with Gasteiger partial charge in [0.15, 0.2) is 5.17 Å². The number of hydrogen-bond donors (Lipinski definition) is 0. The van der Waals surface area contributed by atoms with Gasteiger partial charge in [0.05, 0.1) is 16.3 Å². The fourth-order valence-electron chi connectivity index (χ4n) is 3.87. The molecule has 0 aliphatic carbocycles. The van der Waals surface area contributed by atoms with Crippen LogP contribution in [0.4, 0.5) is 11.4 Å². The third-order valence-corrected chi connectivity index (χ3v) is 7.83. The topological polar surface area (TPSA) is 41.9 Å². The molecule has 1 amide bonds. The Bertz CT molecular complexity index is 1570. The summed E-state index contributed by atoms with van der Waals surface area (Å²) in [6, 6.07) is 28.8. The van der Waals surface area contributed by atoms with Gasteiger partial charge in [0.1, 0.15) is 12.4 Å². The average Bonchev–Trinajstić information content (AvgIpc) is 3.22. The lowest BCUT2D eigenvalue weighted by Gasteiger charge is -2.16. The predicted octanol–water partition coefficient (Wildman–Crippen LogP) is 9.00. The van der Waals surface area contributed by atoms with Crippen LogP contribution in [0.15, 0.2) is 101 Å². The van der Waals surface area contributed by atoms with Gasteiger partial charge in [0.25, 0.3) is 5.91 Å². The van der Waals surface area contributed by atoms with Gasteiger partial charge in [-0.1, -0.05) is 83.9 Å². The van der Waals surface area contributed by atoms with Crippen molar-refractivity contribution in [3.05, 3.63) is 128 Å². The number of halogens is 2. The zero-order chi connectivity index (χ0) is 26.6. The molecule has 1 heterocycles. The minimum atomic E-state index is -0.190. The predicted molar refractivity (Wildman–Crippen MR) is 160 cm³/mol. The van der Waals surface area contributed by atoms with E-state index >= 15 is 0 Å². The number of rotatable bonds is 6. The van der Waals surface area contributed by atoms with Gasteiger partial charge in [-0.3, -0.25) is 9.69 Å². The zero-order valence-electron chi connectivity index (χ0n) is 20.8. The van der Waals surface area contributed by atoms with Crippen molar-refractivity contribution >= 4 is 63.5 Å². The minimum Gasteiger partial charge on any atom is -0.488 e. The lowest BCUT2D eigenvalue weighted by molar-refractivity contribution is -0.113. The van der Waals surface area contributed by atoms with Crippen LogP contribution in [0.2, 0.25) is 10.0 Å². The van der Waals surface area contributed by atoms with Crippen molar-refractivity contribution in [1.29, 1.82) is 0 Å². The fourth-order valence-corrected chi connectivity index (χ4v) is 5.21. The first-order valence-corrected chi connectivity index (χ1v) is 13.6. The molecule has 4 aromatic rings. The molecule has 0 aromatic heterocycles. The van der Waals surface area contributed by atoms with E-state index in [9.17, 15) is 4.79 Å². The minimum absolute atomic E-state index is 0.190. The normalized spacial score (nSPS) is 15.5. The first-order chi connectivity index (χ1) is 18.4. The fraction of sp³-hybridized carbons (Fsp3) is 0.0968. The molecule has 0 spiro atoms. The Labute approximate surface area is 236 Å². The largest absolute Gasteiger partial charge is 0.488 e. The second kappa shape index (κ2) is 11.5. The van der Waals surface area contributed by atoms with Gasteiger partial charge >= 0.3 is 0 Å². The van der Waals surface area contributed by atoms with Crippen molar-refractivity contribution in [2.75, 3.05) is 4.90 Å². The first kappa shape index (κ1) is 26.1. The summed E-state index contributed by atoms with van der Waals surface area (Å²) in [5.74, 6) is 0.502. The molecule has 0 N–H and O–H groups in total. The molecule has 0 atom stereocenters. The molecule has 0 radical (unpaired) electrons. The number of amides is 1. The van der Waals surface area contributed by atoms with Crippen molar-refractivity contribution in [1.82, 2.24) is 0 Å². The van der Waals surface area contributed by atoms with E-state index in [1.54, 1.807) is 17.0 Å². The summed E-state index contributed by atoms with van der Waals surface area (Å²) in [5, 5.41) is 1.71. The van der Waals surface area contributed by atoms with Crippen LogP contribution < -0.4 is 9.64 Å². The lowest BCUT2D eigenvalue weighted by Crippen LogP contribution is -2.28. The van der Waals surface area contributed by atoms with Crippen LogP contribution in [-0.4, -0.2) is 11.1 Å². The number of carbonyl (C=O) groups is 1. The number of aliphatic imine (C=N–C) groups is 1. The van der Waals surface area contributed by atoms with Gasteiger partial charge in [-0.15, -0.1) is 0 Å². The molecule has 4 nitrogen and oxygen atoms in total. The number of aryl methyl sites for hydroxylation is 2. The van der Waals surface area contributed by atoms with E-state index in [0.717, 1.165) is 22.3 Å². The van der Waals surface area contributed by atoms with E-state index in [4.69, 9.17) is 32.9 Å². The molecule has 1 aliphatic heterocycles. The Morgan fingerprint density at radius 1 is 0.868 bits per heavy atom. The number of amidine groups is 1. The molecule has 1 aliphatic rings. The smallest absolute Gasteiger partial charge is 0.271 e. The highest BCUT2D eigenvalue weighted by molar-refractivity contribution is 8.19. The summed E-state index contributed by atoms with van der Waals surface area (Å²) in [6.45, 7) is 4.29. The number of benzene rings is 4. The molecule has 4 aromatic carbocycles.